The molecule has 0 aliphatic heterocycles. The first kappa shape index (κ1) is 30.4. The third kappa shape index (κ3) is 9.50. The molecule has 0 saturated heterocycles. The van der Waals surface area contributed by atoms with Crippen LogP contribution in [0.1, 0.15) is 28.5 Å². The van der Waals surface area contributed by atoms with Crippen LogP contribution in [0.15, 0.2) is 91.4 Å². The van der Waals surface area contributed by atoms with E-state index in [1.807, 2.05) is 89.6 Å². The molecule has 3 aromatic carbocycles. The molecule has 0 aliphatic rings. The van der Waals surface area contributed by atoms with Crippen molar-refractivity contribution in [2.75, 3.05) is 18.4 Å². The van der Waals surface area contributed by atoms with Crippen molar-refractivity contribution in [3.05, 3.63) is 119 Å². The molecule has 1 atom stereocenters. The zero-order valence-electron chi connectivity index (χ0n) is 20.2. The van der Waals surface area contributed by atoms with Gasteiger partial charge < -0.3 is 20.3 Å². The minimum Gasteiger partial charge on any atom is -0.387 e. The van der Waals surface area contributed by atoms with Gasteiger partial charge in [0, 0.05) is 30.0 Å². The van der Waals surface area contributed by atoms with E-state index in [0.29, 0.717) is 23.8 Å². The van der Waals surface area contributed by atoms with E-state index in [-0.39, 0.29) is 37.1 Å². The molecule has 4 aromatic rings. The molecule has 1 aromatic heterocycles. The van der Waals surface area contributed by atoms with Crippen molar-refractivity contribution in [1.29, 1.82) is 0 Å². The summed E-state index contributed by atoms with van der Waals surface area (Å²) in [6.45, 7) is 1.87. The van der Waals surface area contributed by atoms with Gasteiger partial charge in [-0.2, -0.15) is 0 Å². The Kier molecular flexibility index (Phi) is 12.6. The van der Waals surface area contributed by atoms with Crippen LogP contribution >= 0.6 is 36.4 Å². The van der Waals surface area contributed by atoms with Gasteiger partial charge in [-0.3, -0.25) is 4.79 Å². The lowest BCUT2D eigenvalue weighted by molar-refractivity contribution is -0.115. The highest BCUT2D eigenvalue weighted by Crippen LogP contribution is 2.17. The number of amides is 1. The first-order valence-corrected chi connectivity index (χ1v) is 12.0. The second kappa shape index (κ2) is 15.4. The third-order valence-corrected chi connectivity index (χ3v) is 6.06. The molecule has 196 valence electrons. The number of nitrogens with zero attached hydrogens (tertiary/aromatic N) is 2. The fourth-order valence-corrected chi connectivity index (χ4v) is 3.99. The molecule has 1 heterocycles. The van der Waals surface area contributed by atoms with Crippen LogP contribution < -0.4 is 10.6 Å². The summed E-state index contributed by atoms with van der Waals surface area (Å²) < 4.78 is 1.92. The van der Waals surface area contributed by atoms with Gasteiger partial charge in [-0.1, -0.05) is 72.3 Å². The van der Waals surface area contributed by atoms with Crippen LogP contribution in [0.25, 0.3) is 0 Å². The van der Waals surface area contributed by atoms with Gasteiger partial charge in [0.1, 0.15) is 0 Å². The van der Waals surface area contributed by atoms with E-state index in [1.165, 1.54) is 0 Å². The number of carbonyl (C=O) groups excluding carboxylic acids is 1. The fraction of sp³-hybridized carbons (Fsp3) is 0.214. The van der Waals surface area contributed by atoms with Crippen LogP contribution in [0.2, 0.25) is 5.02 Å². The number of hydrogen-bond acceptors (Lipinski definition) is 4. The fourth-order valence-electron chi connectivity index (χ4n) is 3.80. The van der Waals surface area contributed by atoms with Crippen LogP contribution in [0, 0.1) is 0 Å². The monoisotopic (exact) mass is 560 g/mol. The molecule has 0 radical (unpaired) electrons. The van der Waals surface area contributed by atoms with Crippen LogP contribution in [0.5, 0.6) is 0 Å². The number of aromatic nitrogens is 2. The van der Waals surface area contributed by atoms with Gasteiger partial charge in [0.2, 0.25) is 5.91 Å². The zero-order valence-corrected chi connectivity index (χ0v) is 22.6. The van der Waals surface area contributed by atoms with E-state index in [4.69, 9.17) is 11.6 Å². The zero-order chi connectivity index (χ0) is 24.5. The smallest absolute Gasteiger partial charge is 0.230 e. The van der Waals surface area contributed by atoms with E-state index in [9.17, 15) is 9.90 Å². The summed E-state index contributed by atoms with van der Waals surface area (Å²) in [4.78, 5) is 16.8. The summed E-state index contributed by atoms with van der Waals surface area (Å²) >= 11 is 6.23. The summed E-state index contributed by atoms with van der Waals surface area (Å²) in [5.41, 5.74) is 4.53. The quantitative estimate of drug-likeness (QED) is 0.212. The lowest BCUT2D eigenvalue weighted by Gasteiger charge is -2.12. The number of aliphatic hydroxyl groups is 1. The first-order valence-electron chi connectivity index (χ1n) is 11.6. The van der Waals surface area contributed by atoms with Crippen molar-refractivity contribution in [2.24, 2.45) is 0 Å². The number of halogens is 3. The number of carbonyl (C=O) groups is 1. The Morgan fingerprint density at radius 3 is 2.41 bits per heavy atom. The van der Waals surface area contributed by atoms with Gasteiger partial charge in [0.25, 0.3) is 0 Å². The average Bonchev–Trinajstić information content (AvgIpc) is 3.31. The van der Waals surface area contributed by atoms with Gasteiger partial charge in [-0.05, 0) is 47.9 Å². The molecular formula is C28H31Cl3N4O2. The number of nitrogens with one attached hydrogen (secondary N) is 2. The maximum atomic E-state index is 12.5. The molecule has 1 amide bonds. The second-order valence-corrected chi connectivity index (χ2v) is 8.84. The van der Waals surface area contributed by atoms with Crippen LogP contribution in [-0.4, -0.2) is 33.7 Å². The number of imidazole rings is 1. The summed E-state index contributed by atoms with van der Waals surface area (Å²) in [7, 11) is 0. The molecule has 4 rings (SSSR count). The van der Waals surface area contributed by atoms with Crippen molar-refractivity contribution in [3.63, 3.8) is 0 Å². The predicted octanol–water partition coefficient (Wildman–Crippen LogP) is 5.48. The van der Waals surface area contributed by atoms with Gasteiger partial charge in [-0.15, -0.1) is 24.8 Å². The minimum absolute atomic E-state index is 0. The van der Waals surface area contributed by atoms with Gasteiger partial charge in [0.05, 0.1) is 24.5 Å². The highest BCUT2D eigenvalue weighted by molar-refractivity contribution is 6.31. The molecule has 0 spiro atoms. The number of aliphatic hydroxyl groups excluding tert-OH is 1. The normalized spacial score (nSPS) is 11.2. The van der Waals surface area contributed by atoms with E-state index >= 15 is 0 Å². The van der Waals surface area contributed by atoms with E-state index in [1.54, 1.807) is 6.33 Å². The van der Waals surface area contributed by atoms with Crippen molar-refractivity contribution in [3.8, 4) is 0 Å². The van der Waals surface area contributed by atoms with Crippen molar-refractivity contribution >= 4 is 48.0 Å². The summed E-state index contributed by atoms with van der Waals surface area (Å²) in [6.07, 6.45) is 4.10. The highest BCUT2D eigenvalue weighted by Gasteiger charge is 2.09. The molecule has 3 N–H and O–H groups in total. The standard InChI is InChI=1S/C28H29ClN4O2.2ClH/c29-26-9-5-4-8-23(26)18-33-19-25(31-20-33)16-28(35)32-24-12-10-21(11-13-24)14-15-30-17-27(34)22-6-2-1-3-7-22;;/h1-13,19-20,27,30,34H,14-18H2,(H,32,35);2*1H. The third-order valence-electron chi connectivity index (χ3n) is 5.69. The lowest BCUT2D eigenvalue weighted by atomic mass is 10.1. The Bertz CT molecular complexity index is 1230. The Balaban J connectivity index is 0.00000241. The van der Waals surface area contributed by atoms with Crippen molar-refractivity contribution in [1.82, 2.24) is 14.9 Å². The van der Waals surface area contributed by atoms with Gasteiger partial charge in [0.15, 0.2) is 0 Å². The largest absolute Gasteiger partial charge is 0.387 e. The Hall–Kier alpha value is -2.87. The molecule has 37 heavy (non-hydrogen) atoms. The molecule has 0 saturated carbocycles. The molecule has 9 heteroatoms. The van der Waals surface area contributed by atoms with Crippen LogP contribution in [0.3, 0.4) is 0 Å². The molecule has 1 unspecified atom stereocenters. The molecule has 0 fully saturated rings. The summed E-state index contributed by atoms with van der Waals surface area (Å²) in [6, 6.07) is 25.1. The maximum absolute atomic E-state index is 12.5. The number of hydrogen-bond donors (Lipinski definition) is 3. The van der Waals surface area contributed by atoms with Gasteiger partial charge >= 0.3 is 0 Å². The second-order valence-electron chi connectivity index (χ2n) is 8.43. The SMILES string of the molecule is Cl.Cl.O=C(Cc1cn(Cc2ccccc2Cl)cn1)Nc1ccc(CCNCC(O)c2ccccc2)cc1. The highest BCUT2D eigenvalue weighted by atomic mass is 35.5. The maximum Gasteiger partial charge on any atom is 0.230 e. The first-order chi connectivity index (χ1) is 17.1. The average molecular weight is 562 g/mol. The molecule has 0 bridgehead atoms. The molecule has 0 aliphatic carbocycles. The van der Waals surface area contributed by atoms with Gasteiger partial charge in [-0.25, -0.2) is 4.98 Å². The lowest BCUT2D eigenvalue weighted by Crippen LogP contribution is -2.23. The van der Waals surface area contributed by atoms with Crippen molar-refractivity contribution < 1.29 is 9.90 Å². The van der Waals surface area contributed by atoms with E-state index < -0.39 is 6.10 Å². The predicted molar refractivity (Wildman–Crippen MR) is 154 cm³/mol. The molecular weight excluding hydrogens is 531 g/mol. The summed E-state index contributed by atoms with van der Waals surface area (Å²) in [5.74, 6) is -0.114. The van der Waals surface area contributed by atoms with Crippen molar-refractivity contribution in [2.45, 2.75) is 25.5 Å². The number of benzene rings is 3. The van der Waals surface area contributed by atoms with Crippen LogP contribution in [-0.2, 0) is 24.2 Å². The van der Waals surface area contributed by atoms with E-state index in [0.717, 1.165) is 35.3 Å². The minimum atomic E-state index is -0.517. The Morgan fingerprint density at radius 1 is 0.973 bits per heavy atom. The topological polar surface area (TPSA) is 79.2 Å². The van der Waals surface area contributed by atoms with E-state index in [2.05, 4.69) is 15.6 Å². The summed E-state index contributed by atoms with van der Waals surface area (Å²) in [5, 5.41) is 17.1. The number of rotatable bonds is 11. The number of anilines is 1. The Labute approximate surface area is 234 Å². The van der Waals surface area contributed by atoms with Crippen LogP contribution in [0.4, 0.5) is 5.69 Å². The Morgan fingerprint density at radius 2 is 1.68 bits per heavy atom. The molecule has 6 nitrogen and oxygen atoms in total.